The minimum atomic E-state index is -0.572. The summed E-state index contributed by atoms with van der Waals surface area (Å²) in [6.45, 7) is 2.41. The standard InChI is InChI=1S/C14H17FN2O2S/c1-2-17(10-4-5-10)13(18)8-19-12-6-3-9(14(16)20)7-11(12)15/h3,6-7,10H,2,4-5,8H2,1H3,(H2,16,20). The first-order chi connectivity index (χ1) is 9.52. The molecule has 0 unspecified atom stereocenters. The van der Waals surface area contributed by atoms with Crippen LogP contribution in [-0.4, -0.2) is 35.0 Å². The molecular weight excluding hydrogens is 279 g/mol. The van der Waals surface area contributed by atoms with E-state index in [9.17, 15) is 9.18 Å². The average molecular weight is 296 g/mol. The topological polar surface area (TPSA) is 55.6 Å². The number of carbonyl (C=O) groups is 1. The molecule has 0 saturated heterocycles. The lowest BCUT2D eigenvalue weighted by Gasteiger charge is -2.20. The largest absolute Gasteiger partial charge is 0.481 e. The van der Waals surface area contributed by atoms with E-state index in [2.05, 4.69) is 0 Å². The normalized spacial score (nSPS) is 13.9. The summed E-state index contributed by atoms with van der Waals surface area (Å²) in [5.74, 6) is -0.657. The van der Waals surface area contributed by atoms with Crippen molar-refractivity contribution >= 4 is 23.1 Å². The van der Waals surface area contributed by atoms with E-state index in [0.29, 0.717) is 18.2 Å². The Hall–Kier alpha value is -1.69. The molecule has 1 aliphatic carbocycles. The zero-order chi connectivity index (χ0) is 14.7. The minimum Gasteiger partial charge on any atom is -0.481 e. The van der Waals surface area contributed by atoms with Crippen LogP contribution in [0.25, 0.3) is 0 Å². The summed E-state index contributed by atoms with van der Waals surface area (Å²) in [7, 11) is 0. The predicted octanol–water partition coefficient (Wildman–Crippen LogP) is 1.85. The fourth-order valence-corrected chi connectivity index (χ4v) is 2.14. The number of nitrogens with two attached hydrogens (primary N) is 1. The van der Waals surface area contributed by atoms with Gasteiger partial charge in [0.15, 0.2) is 18.2 Å². The molecule has 0 spiro atoms. The Kier molecular flexibility index (Phi) is 4.54. The first kappa shape index (κ1) is 14.7. The number of halogens is 1. The third-order valence-electron chi connectivity index (χ3n) is 3.22. The maximum absolute atomic E-state index is 13.7. The monoisotopic (exact) mass is 296 g/mol. The molecule has 1 saturated carbocycles. The molecule has 1 fully saturated rings. The van der Waals surface area contributed by atoms with Crippen LogP contribution < -0.4 is 10.5 Å². The quantitative estimate of drug-likeness (QED) is 0.814. The first-order valence-electron chi connectivity index (χ1n) is 6.54. The van der Waals surface area contributed by atoms with E-state index in [1.165, 1.54) is 12.1 Å². The molecule has 2 N–H and O–H groups in total. The number of rotatable bonds is 6. The summed E-state index contributed by atoms with van der Waals surface area (Å²) in [5, 5.41) is 0. The number of nitrogens with zero attached hydrogens (tertiary/aromatic N) is 1. The first-order valence-corrected chi connectivity index (χ1v) is 6.95. The number of likely N-dealkylation sites (N-methyl/N-ethyl adjacent to an activating group) is 1. The van der Waals surface area contributed by atoms with Gasteiger partial charge in [-0.25, -0.2) is 4.39 Å². The zero-order valence-corrected chi connectivity index (χ0v) is 12.1. The second-order valence-corrected chi connectivity index (χ2v) is 5.15. The number of benzene rings is 1. The second-order valence-electron chi connectivity index (χ2n) is 4.71. The molecule has 0 atom stereocenters. The summed E-state index contributed by atoms with van der Waals surface area (Å²) in [5.41, 5.74) is 5.85. The van der Waals surface area contributed by atoms with Gasteiger partial charge in [-0.05, 0) is 38.0 Å². The molecule has 4 nitrogen and oxygen atoms in total. The van der Waals surface area contributed by atoms with Crippen LogP contribution >= 0.6 is 12.2 Å². The highest BCUT2D eigenvalue weighted by atomic mass is 32.1. The van der Waals surface area contributed by atoms with E-state index in [0.717, 1.165) is 12.8 Å². The Labute approximate surface area is 122 Å². The third kappa shape index (κ3) is 3.45. The summed E-state index contributed by atoms with van der Waals surface area (Å²) in [6.07, 6.45) is 2.08. The number of hydrogen-bond donors (Lipinski definition) is 1. The Balaban J connectivity index is 1.96. The molecule has 0 heterocycles. The number of ether oxygens (including phenoxy) is 1. The maximum Gasteiger partial charge on any atom is 0.260 e. The fraction of sp³-hybridized carbons (Fsp3) is 0.429. The van der Waals surface area contributed by atoms with Gasteiger partial charge in [0.1, 0.15) is 4.99 Å². The number of carbonyl (C=O) groups excluding carboxylic acids is 1. The third-order valence-corrected chi connectivity index (χ3v) is 3.45. The van der Waals surface area contributed by atoms with Gasteiger partial charge >= 0.3 is 0 Å². The summed E-state index contributed by atoms with van der Waals surface area (Å²) in [6, 6.07) is 4.55. The Bertz CT molecular complexity index is 532. The van der Waals surface area contributed by atoms with Crippen LogP contribution in [0.3, 0.4) is 0 Å². The lowest BCUT2D eigenvalue weighted by Crippen LogP contribution is -2.36. The molecule has 0 aliphatic heterocycles. The molecule has 1 aromatic carbocycles. The van der Waals surface area contributed by atoms with Crippen LogP contribution in [0.4, 0.5) is 4.39 Å². The van der Waals surface area contributed by atoms with Crippen molar-refractivity contribution in [1.82, 2.24) is 4.90 Å². The van der Waals surface area contributed by atoms with E-state index in [4.69, 9.17) is 22.7 Å². The Morgan fingerprint density at radius 1 is 1.55 bits per heavy atom. The summed E-state index contributed by atoms with van der Waals surface area (Å²) < 4.78 is 19.0. The van der Waals surface area contributed by atoms with Gasteiger partial charge in [-0.15, -0.1) is 0 Å². The average Bonchev–Trinajstić information content (AvgIpc) is 3.22. The lowest BCUT2D eigenvalue weighted by molar-refractivity contribution is -0.133. The van der Waals surface area contributed by atoms with E-state index < -0.39 is 5.82 Å². The van der Waals surface area contributed by atoms with E-state index >= 15 is 0 Å². The Morgan fingerprint density at radius 2 is 2.25 bits per heavy atom. The van der Waals surface area contributed by atoms with Crippen molar-refractivity contribution in [1.29, 1.82) is 0 Å². The van der Waals surface area contributed by atoms with Gasteiger partial charge in [-0.1, -0.05) is 12.2 Å². The molecule has 1 amide bonds. The zero-order valence-electron chi connectivity index (χ0n) is 11.3. The molecular formula is C14H17FN2O2S. The maximum atomic E-state index is 13.7. The van der Waals surface area contributed by atoms with Crippen LogP contribution in [0.15, 0.2) is 18.2 Å². The summed E-state index contributed by atoms with van der Waals surface area (Å²) >= 11 is 4.77. The second kappa shape index (κ2) is 6.17. The molecule has 108 valence electrons. The molecule has 1 aliphatic rings. The van der Waals surface area contributed by atoms with Crippen LogP contribution in [0.5, 0.6) is 5.75 Å². The number of hydrogen-bond acceptors (Lipinski definition) is 3. The van der Waals surface area contributed by atoms with E-state index in [1.54, 1.807) is 11.0 Å². The van der Waals surface area contributed by atoms with Crippen LogP contribution in [0.2, 0.25) is 0 Å². The highest BCUT2D eigenvalue weighted by Crippen LogP contribution is 2.26. The van der Waals surface area contributed by atoms with Gasteiger partial charge in [-0.2, -0.15) is 0 Å². The van der Waals surface area contributed by atoms with Crippen LogP contribution in [0.1, 0.15) is 25.3 Å². The van der Waals surface area contributed by atoms with Crippen LogP contribution in [-0.2, 0) is 4.79 Å². The van der Waals surface area contributed by atoms with Gasteiger partial charge < -0.3 is 15.4 Å². The van der Waals surface area contributed by atoms with Gasteiger partial charge in [0.2, 0.25) is 0 Å². The molecule has 1 aromatic rings. The minimum absolute atomic E-state index is 0.0326. The molecule has 6 heteroatoms. The van der Waals surface area contributed by atoms with Crippen molar-refractivity contribution in [2.45, 2.75) is 25.8 Å². The molecule has 0 bridgehead atoms. The van der Waals surface area contributed by atoms with Crippen molar-refractivity contribution in [3.63, 3.8) is 0 Å². The SMILES string of the molecule is CCN(C(=O)COc1ccc(C(N)=S)cc1F)C1CC1. The van der Waals surface area contributed by atoms with Crippen molar-refractivity contribution in [3.05, 3.63) is 29.6 Å². The Morgan fingerprint density at radius 3 is 2.75 bits per heavy atom. The highest BCUT2D eigenvalue weighted by molar-refractivity contribution is 7.80. The fourth-order valence-electron chi connectivity index (χ4n) is 2.02. The van der Waals surface area contributed by atoms with Gasteiger partial charge in [0.05, 0.1) is 0 Å². The van der Waals surface area contributed by atoms with Gasteiger partial charge in [0.25, 0.3) is 5.91 Å². The molecule has 20 heavy (non-hydrogen) atoms. The van der Waals surface area contributed by atoms with Crippen molar-refractivity contribution < 1.29 is 13.9 Å². The smallest absolute Gasteiger partial charge is 0.260 e. The van der Waals surface area contributed by atoms with Gasteiger partial charge in [-0.3, -0.25) is 4.79 Å². The van der Waals surface area contributed by atoms with Gasteiger partial charge in [0, 0.05) is 18.2 Å². The number of amides is 1. The predicted molar refractivity (Wildman–Crippen MR) is 78.2 cm³/mol. The van der Waals surface area contributed by atoms with E-state index in [1.807, 2.05) is 6.92 Å². The van der Waals surface area contributed by atoms with Crippen molar-refractivity contribution in [3.8, 4) is 5.75 Å². The lowest BCUT2D eigenvalue weighted by atomic mass is 10.2. The highest BCUT2D eigenvalue weighted by Gasteiger charge is 2.31. The summed E-state index contributed by atoms with van der Waals surface area (Å²) in [4.78, 5) is 13.8. The number of thiocarbonyl (C=S) groups is 1. The van der Waals surface area contributed by atoms with Crippen LogP contribution in [0, 0.1) is 5.82 Å². The van der Waals surface area contributed by atoms with Crippen molar-refractivity contribution in [2.24, 2.45) is 5.73 Å². The van der Waals surface area contributed by atoms with Crippen molar-refractivity contribution in [2.75, 3.05) is 13.2 Å². The molecule has 2 rings (SSSR count). The van der Waals surface area contributed by atoms with E-state index in [-0.39, 0.29) is 23.3 Å². The molecule has 0 aromatic heterocycles. The molecule has 0 radical (unpaired) electrons.